The van der Waals surface area contributed by atoms with Crippen molar-refractivity contribution in [2.24, 2.45) is 0 Å². The number of amides is 2. The summed E-state index contributed by atoms with van der Waals surface area (Å²) in [6.45, 7) is 10.5. The van der Waals surface area contributed by atoms with Crippen molar-refractivity contribution in [2.45, 2.75) is 52.7 Å². The van der Waals surface area contributed by atoms with Gasteiger partial charge in [-0.2, -0.15) is 9.57 Å². The van der Waals surface area contributed by atoms with Crippen molar-refractivity contribution in [1.29, 1.82) is 5.26 Å². The molecular formula is C25H34N4O4S. The van der Waals surface area contributed by atoms with E-state index in [1.807, 2.05) is 45.9 Å². The normalized spacial score (nSPS) is 21.5. The number of piperazine rings is 1. The van der Waals surface area contributed by atoms with Crippen LogP contribution >= 0.6 is 0 Å². The number of carbonyl (C=O) groups excluding carboxylic acids is 1. The van der Waals surface area contributed by atoms with E-state index < -0.39 is 15.6 Å². The summed E-state index contributed by atoms with van der Waals surface area (Å²) in [6.07, 6.45) is 3.39. The highest BCUT2D eigenvalue weighted by Crippen LogP contribution is 2.38. The molecule has 1 heterocycles. The van der Waals surface area contributed by atoms with Gasteiger partial charge in [0.15, 0.2) is 0 Å². The van der Waals surface area contributed by atoms with Gasteiger partial charge in [-0.25, -0.2) is 13.2 Å². The number of allylic oxidation sites excluding steroid dienone is 2. The van der Waals surface area contributed by atoms with E-state index in [2.05, 4.69) is 6.07 Å². The molecule has 0 saturated carbocycles. The molecular weight excluding hydrogens is 452 g/mol. The first-order valence-corrected chi connectivity index (χ1v) is 12.9. The molecule has 1 atom stereocenters. The molecule has 1 aromatic rings. The van der Waals surface area contributed by atoms with E-state index in [9.17, 15) is 18.5 Å². The van der Waals surface area contributed by atoms with Gasteiger partial charge < -0.3 is 14.5 Å². The zero-order valence-electron chi connectivity index (χ0n) is 20.8. The first kappa shape index (κ1) is 25.8. The van der Waals surface area contributed by atoms with Gasteiger partial charge in [0, 0.05) is 51.3 Å². The summed E-state index contributed by atoms with van der Waals surface area (Å²) < 4.78 is 35.3. The molecule has 0 N–H and O–H groups in total. The van der Waals surface area contributed by atoms with Crippen molar-refractivity contribution in [3.05, 3.63) is 52.0 Å². The molecule has 0 aromatic heterocycles. The van der Waals surface area contributed by atoms with Crippen molar-refractivity contribution in [3.63, 3.8) is 0 Å². The predicted molar refractivity (Wildman–Crippen MR) is 132 cm³/mol. The van der Waals surface area contributed by atoms with Crippen LogP contribution in [0.25, 0.3) is 0 Å². The Morgan fingerprint density at radius 2 is 1.74 bits per heavy atom. The van der Waals surface area contributed by atoms with Crippen molar-refractivity contribution in [3.8, 4) is 11.8 Å². The lowest BCUT2D eigenvalue weighted by atomic mass is 9.93. The Kier molecular flexibility index (Phi) is 7.44. The molecule has 34 heavy (non-hydrogen) atoms. The number of nitriles is 1. The van der Waals surface area contributed by atoms with E-state index >= 15 is 0 Å². The molecule has 1 unspecified atom stereocenters. The van der Waals surface area contributed by atoms with E-state index in [1.165, 1.54) is 10.4 Å². The second kappa shape index (κ2) is 9.80. The van der Waals surface area contributed by atoms with E-state index in [0.717, 1.165) is 11.1 Å². The molecule has 0 radical (unpaired) electrons. The van der Waals surface area contributed by atoms with Crippen molar-refractivity contribution in [1.82, 2.24) is 14.1 Å². The first-order chi connectivity index (χ1) is 15.9. The number of ether oxygens (including phenoxy) is 1. The SMILES string of the molecule is Cc1cc(C)cc(OC2(C)CC=C(C#N)C=C2S(=O)(=O)N2CCN(C(=O)N(C)C(C)C)CC2)c1. The Morgan fingerprint density at radius 1 is 1.15 bits per heavy atom. The summed E-state index contributed by atoms with van der Waals surface area (Å²) in [7, 11) is -2.19. The Balaban J connectivity index is 1.86. The van der Waals surface area contributed by atoms with Gasteiger partial charge in [-0.1, -0.05) is 12.1 Å². The zero-order valence-corrected chi connectivity index (χ0v) is 21.6. The van der Waals surface area contributed by atoms with Crippen molar-refractivity contribution >= 4 is 16.1 Å². The molecule has 8 nitrogen and oxygen atoms in total. The number of hydrogen-bond acceptors (Lipinski definition) is 5. The standard InChI is InChI=1S/C25H34N4O4S/c1-18(2)27(6)24(30)28-9-11-29(12-10-28)34(31,32)23-16-21(17-26)7-8-25(23,5)33-22-14-19(3)13-20(4)15-22/h7,13-16,18H,8-12H2,1-6H3. The second-order valence-electron chi connectivity index (χ2n) is 9.52. The molecule has 9 heteroatoms. The molecule has 2 amide bonds. The smallest absolute Gasteiger partial charge is 0.320 e. The highest BCUT2D eigenvalue weighted by Gasteiger charge is 2.44. The maximum atomic E-state index is 13.8. The van der Waals surface area contributed by atoms with Gasteiger partial charge in [-0.3, -0.25) is 0 Å². The summed E-state index contributed by atoms with van der Waals surface area (Å²) in [4.78, 5) is 16.0. The molecule has 0 bridgehead atoms. The van der Waals surface area contributed by atoms with Crippen LogP contribution in [0.15, 0.2) is 40.8 Å². The third-order valence-corrected chi connectivity index (χ3v) is 8.54. The highest BCUT2D eigenvalue weighted by molar-refractivity contribution is 7.93. The fraction of sp³-hybridized carbons (Fsp3) is 0.520. The highest BCUT2D eigenvalue weighted by atomic mass is 32.2. The van der Waals surface area contributed by atoms with Crippen LogP contribution in [0.1, 0.15) is 38.3 Å². The van der Waals surface area contributed by atoms with E-state index in [4.69, 9.17) is 4.74 Å². The second-order valence-corrected chi connectivity index (χ2v) is 11.4. The van der Waals surface area contributed by atoms with Crippen LogP contribution in [0.3, 0.4) is 0 Å². The third-order valence-electron chi connectivity index (χ3n) is 6.39. The Hall–Kier alpha value is -2.83. The van der Waals surface area contributed by atoms with E-state index in [0.29, 0.717) is 24.4 Å². The Morgan fingerprint density at radius 3 is 2.26 bits per heavy atom. The summed E-state index contributed by atoms with van der Waals surface area (Å²) in [6, 6.07) is 7.78. The van der Waals surface area contributed by atoms with Crippen LogP contribution in [-0.4, -0.2) is 73.4 Å². The lowest BCUT2D eigenvalue weighted by Gasteiger charge is -2.40. The average molecular weight is 487 g/mol. The molecule has 2 aliphatic rings. The molecule has 184 valence electrons. The minimum absolute atomic E-state index is 0.0564. The third kappa shape index (κ3) is 5.29. The first-order valence-electron chi connectivity index (χ1n) is 11.5. The maximum absolute atomic E-state index is 13.8. The van der Waals surface area contributed by atoms with Gasteiger partial charge in [0.25, 0.3) is 0 Å². The van der Waals surface area contributed by atoms with Gasteiger partial charge in [0.1, 0.15) is 16.3 Å². The lowest BCUT2D eigenvalue weighted by Crippen LogP contribution is -2.55. The van der Waals surface area contributed by atoms with Crippen LogP contribution in [0.4, 0.5) is 4.79 Å². The monoisotopic (exact) mass is 486 g/mol. The fourth-order valence-corrected chi connectivity index (χ4v) is 6.10. The van der Waals surface area contributed by atoms with Gasteiger partial charge in [0.2, 0.25) is 10.0 Å². The van der Waals surface area contributed by atoms with Gasteiger partial charge in [-0.15, -0.1) is 0 Å². The summed E-state index contributed by atoms with van der Waals surface area (Å²) in [5, 5.41) is 9.45. The number of carbonyl (C=O) groups is 1. The van der Waals surface area contributed by atoms with E-state index in [-0.39, 0.29) is 36.5 Å². The number of sulfonamides is 1. The molecule has 1 fully saturated rings. The van der Waals surface area contributed by atoms with Crippen molar-refractivity contribution < 1.29 is 17.9 Å². The van der Waals surface area contributed by atoms with Crippen LogP contribution in [-0.2, 0) is 10.0 Å². The quantitative estimate of drug-likeness (QED) is 0.634. The molecule has 0 spiro atoms. The molecule has 1 saturated heterocycles. The minimum atomic E-state index is -3.94. The predicted octanol–water partition coefficient (Wildman–Crippen LogP) is 3.59. The lowest BCUT2D eigenvalue weighted by molar-refractivity contribution is 0.128. The zero-order chi connectivity index (χ0) is 25.3. The number of hydrogen-bond donors (Lipinski definition) is 0. The van der Waals surface area contributed by atoms with Gasteiger partial charge in [0.05, 0.1) is 6.07 Å². The number of benzene rings is 1. The van der Waals surface area contributed by atoms with Crippen LogP contribution in [0, 0.1) is 25.2 Å². The topological polar surface area (TPSA) is 93.9 Å². The van der Waals surface area contributed by atoms with Gasteiger partial charge in [-0.05, 0) is 64.0 Å². The number of nitrogens with zero attached hydrogens (tertiary/aromatic N) is 4. The average Bonchev–Trinajstić information content (AvgIpc) is 2.77. The maximum Gasteiger partial charge on any atom is 0.320 e. The molecule has 1 aromatic carbocycles. The molecule has 1 aliphatic carbocycles. The van der Waals surface area contributed by atoms with Crippen LogP contribution < -0.4 is 4.74 Å². The summed E-state index contributed by atoms with van der Waals surface area (Å²) >= 11 is 0. The Bertz CT molecular complexity index is 1140. The summed E-state index contributed by atoms with van der Waals surface area (Å²) in [5.74, 6) is 0.585. The van der Waals surface area contributed by atoms with Gasteiger partial charge >= 0.3 is 6.03 Å². The number of aryl methyl sites for hydroxylation is 2. The minimum Gasteiger partial charge on any atom is -0.482 e. The summed E-state index contributed by atoms with van der Waals surface area (Å²) in [5.41, 5.74) is 1.17. The fourth-order valence-electron chi connectivity index (χ4n) is 4.23. The Labute approximate surface area is 203 Å². The van der Waals surface area contributed by atoms with E-state index in [1.54, 1.807) is 29.8 Å². The molecule has 1 aliphatic heterocycles. The largest absolute Gasteiger partial charge is 0.482 e. The van der Waals surface area contributed by atoms with Crippen molar-refractivity contribution in [2.75, 3.05) is 33.2 Å². The molecule has 3 rings (SSSR count). The van der Waals surface area contributed by atoms with Crippen LogP contribution in [0.5, 0.6) is 5.75 Å². The van der Waals surface area contributed by atoms with Crippen LogP contribution in [0.2, 0.25) is 0 Å². The number of rotatable bonds is 5. The number of urea groups is 1.